The topological polar surface area (TPSA) is 71.9 Å². The van der Waals surface area contributed by atoms with E-state index < -0.39 is 11.9 Å². The van der Waals surface area contributed by atoms with Gasteiger partial charge in [-0.15, -0.1) is 0 Å². The summed E-state index contributed by atoms with van der Waals surface area (Å²) in [5.41, 5.74) is 6.12. The lowest BCUT2D eigenvalue weighted by Crippen LogP contribution is -2.40. The summed E-state index contributed by atoms with van der Waals surface area (Å²) in [6.45, 7) is 3.67. The van der Waals surface area contributed by atoms with Gasteiger partial charge in [0.25, 0.3) is 0 Å². The van der Waals surface area contributed by atoms with Gasteiger partial charge in [-0.2, -0.15) is 0 Å². The maximum Gasteiger partial charge on any atom is 0.306 e. The van der Waals surface area contributed by atoms with Gasteiger partial charge in [-0.05, 0) is 104 Å². The van der Waals surface area contributed by atoms with Crippen LogP contribution in [0.1, 0.15) is 92.6 Å². The van der Waals surface area contributed by atoms with Crippen molar-refractivity contribution in [2.24, 2.45) is 11.8 Å². The van der Waals surface area contributed by atoms with Crippen molar-refractivity contribution in [1.29, 1.82) is 0 Å². The van der Waals surface area contributed by atoms with E-state index in [0.717, 1.165) is 66.8 Å². The predicted octanol–water partition coefficient (Wildman–Crippen LogP) is 7.70. The monoisotopic (exact) mass is 584 g/mol. The number of benzene rings is 2. The first kappa shape index (κ1) is 28.3. The fraction of sp³-hybridized carbons (Fsp3) is 0.500. The standard InChI is InChI=1S/C36H41FN2O4/c1-22(35(40)41)34(24-6-7-24)26-8-5-23-10-12-31(43-32(23)18-26)25-9-11-28(29-19-33(42-2)38-20-30(29)37)27(17-25)21-39-16-4-3-13-36(39)14-15-36/h5,8-9,11,17-20,22,24,31,34H,3-4,6-7,10,12-16,21H2,1-2H3,(H,40,41)/t22-,31?,34-/m0/s1. The fourth-order valence-electron chi connectivity index (χ4n) is 7.67. The Hall–Kier alpha value is -3.45. The number of nitrogens with zero attached hydrogens (tertiary/aromatic N) is 2. The second-order valence-corrected chi connectivity index (χ2v) is 13.2. The maximum atomic E-state index is 15.2. The highest BCUT2D eigenvalue weighted by molar-refractivity contribution is 5.71. The summed E-state index contributed by atoms with van der Waals surface area (Å²) in [7, 11) is 1.55. The van der Waals surface area contributed by atoms with Gasteiger partial charge in [0.2, 0.25) is 5.88 Å². The van der Waals surface area contributed by atoms with Crippen LogP contribution in [0.3, 0.4) is 0 Å². The molecule has 4 aliphatic rings. The van der Waals surface area contributed by atoms with Crippen LogP contribution in [0.5, 0.6) is 11.6 Å². The van der Waals surface area contributed by atoms with Crippen molar-refractivity contribution in [2.75, 3.05) is 13.7 Å². The van der Waals surface area contributed by atoms with Gasteiger partial charge in [0.15, 0.2) is 0 Å². The zero-order valence-corrected chi connectivity index (χ0v) is 25.2. The molecule has 1 spiro atoms. The van der Waals surface area contributed by atoms with E-state index in [0.29, 0.717) is 22.9 Å². The lowest BCUT2D eigenvalue weighted by atomic mass is 9.82. The lowest BCUT2D eigenvalue weighted by Gasteiger charge is -2.37. The molecule has 0 bridgehead atoms. The highest BCUT2D eigenvalue weighted by Gasteiger charge is 2.48. The van der Waals surface area contributed by atoms with Gasteiger partial charge >= 0.3 is 5.97 Å². The number of aryl methyl sites for hydroxylation is 1. The number of pyridine rings is 1. The molecular weight excluding hydrogens is 543 g/mol. The molecule has 0 amide bonds. The van der Waals surface area contributed by atoms with E-state index in [4.69, 9.17) is 9.47 Å². The number of aliphatic carboxylic acids is 1. The molecule has 1 unspecified atom stereocenters. The molecule has 1 saturated heterocycles. The third kappa shape index (κ3) is 5.52. The van der Waals surface area contributed by atoms with E-state index in [1.165, 1.54) is 43.9 Å². The Morgan fingerprint density at radius 1 is 1.12 bits per heavy atom. The Morgan fingerprint density at radius 3 is 2.70 bits per heavy atom. The molecule has 3 fully saturated rings. The number of likely N-dealkylation sites (tertiary alicyclic amines) is 1. The smallest absolute Gasteiger partial charge is 0.306 e. The van der Waals surface area contributed by atoms with Gasteiger partial charge in [0.05, 0.1) is 19.2 Å². The number of methoxy groups -OCH3 is 1. The van der Waals surface area contributed by atoms with Crippen LogP contribution in [0, 0.1) is 17.7 Å². The van der Waals surface area contributed by atoms with Crippen LogP contribution in [0.15, 0.2) is 48.7 Å². The number of rotatable bonds is 9. The normalized spacial score (nSPS) is 22.3. The minimum absolute atomic E-state index is 0.00389. The summed E-state index contributed by atoms with van der Waals surface area (Å²) in [4.78, 5) is 18.6. The number of hydrogen-bond donors (Lipinski definition) is 1. The van der Waals surface area contributed by atoms with E-state index in [1.54, 1.807) is 13.2 Å². The molecule has 2 saturated carbocycles. The number of carboxylic acids is 1. The maximum absolute atomic E-state index is 15.2. The Balaban J connectivity index is 1.21. The number of carbonyl (C=O) groups is 1. The summed E-state index contributed by atoms with van der Waals surface area (Å²) in [5, 5.41) is 9.78. The summed E-state index contributed by atoms with van der Waals surface area (Å²) in [6, 6.07) is 14.4. The molecule has 2 aromatic carbocycles. The summed E-state index contributed by atoms with van der Waals surface area (Å²) >= 11 is 0. The first-order chi connectivity index (χ1) is 20.8. The van der Waals surface area contributed by atoms with Crippen molar-refractivity contribution >= 4 is 5.97 Å². The minimum Gasteiger partial charge on any atom is -0.485 e. The van der Waals surface area contributed by atoms with Gasteiger partial charge in [-0.1, -0.05) is 43.7 Å². The molecule has 43 heavy (non-hydrogen) atoms. The molecule has 1 N–H and O–H groups in total. The van der Waals surface area contributed by atoms with Gasteiger partial charge in [-0.3, -0.25) is 9.69 Å². The van der Waals surface area contributed by atoms with E-state index >= 15 is 4.39 Å². The molecule has 3 atom stereocenters. The predicted molar refractivity (Wildman–Crippen MR) is 163 cm³/mol. The second kappa shape index (κ2) is 11.2. The van der Waals surface area contributed by atoms with Crippen molar-refractivity contribution in [3.05, 3.63) is 76.7 Å². The van der Waals surface area contributed by atoms with Crippen LogP contribution >= 0.6 is 0 Å². The summed E-state index contributed by atoms with van der Waals surface area (Å²) < 4.78 is 27.2. The van der Waals surface area contributed by atoms with E-state index in [2.05, 4.69) is 40.2 Å². The summed E-state index contributed by atoms with van der Waals surface area (Å²) in [6.07, 6.45) is 11.2. The van der Waals surface area contributed by atoms with Gasteiger partial charge in [-0.25, -0.2) is 9.37 Å². The molecule has 3 aromatic rings. The molecule has 7 heteroatoms. The number of piperidine rings is 1. The van der Waals surface area contributed by atoms with Crippen LogP contribution < -0.4 is 9.47 Å². The van der Waals surface area contributed by atoms with Crippen LogP contribution in [0.2, 0.25) is 0 Å². The minimum atomic E-state index is -0.744. The lowest BCUT2D eigenvalue weighted by molar-refractivity contribution is -0.142. The SMILES string of the molecule is COc1cc(-c2ccc(C3CCc4ccc([C@H](C5CC5)[C@H](C)C(=O)O)cc4O3)cc2CN2CCCCC23CC3)c(F)cn1. The van der Waals surface area contributed by atoms with Crippen molar-refractivity contribution < 1.29 is 23.8 Å². The highest BCUT2D eigenvalue weighted by Crippen LogP contribution is 2.50. The average Bonchev–Trinajstić information content (AvgIpc) is 3.96. The van der Waals surface area contributed by atoms with Crippen LogP contribution in [0.4, 0.5) is 4.39 Å². The Morgan fingerprint density at radius 2 is 1.95 bits per heavy atom. The number of halogens is 1. The number of hydrogen-bond acceptors (Lipinski definition) is 5. The number of carboxylic acid groups (broad SMARTS) is 1. The quantitative estimate of drug-likeness (QED) is 0.278. The molecule has 226 valence electrons. The second-order valence-electron chi connectivity index (χ2n) is 13.2. The zero-order chi connectivity index (χ0) is 29.7. The van der Waals surface area contributed by atoms with Crippen molar-refractivity contribution in [3.8, 4) is 22.8 Å². The third-order valence-corrected chi connectivity index (χ3v) is 10.5. The summed E-state index contributed by atoms with van der Waals surface area (Å²) in [5.74, 6) is 0.154. The number of ether oxygens (including phenoxy) is 2. The fourth-order valence-corrected chi connectivity index (χ4v) is 7.67. The van der Waals surface area contributed by atoms with Crippen molar-refractivity contribution in [1.82, 2.24) is 9.88 Å². The van der Waals surface area contributed by atoms with Gasteiger partial charge in [0.1, 0.15) is 17.7 Å². The van der Waals surface area contributed by atoms with Gasteiger partial charge < -0.3 is 14.6 Å². The molecule has 1 aromatic heterocycles. The zero-order valence-electron chi connectivity index (χ0n) is 25.2. The average molecular weight is 585 g/mol. The molecule has 0 radical (unpaired) electrons. The van der Waals surface area contributed by atoms with Crippen LogP contribution in [-0.2, 0) is 17.8 Å². The van der Waals surface area contributed by atoms with Crippen LogP contribution in [0.25, 0.3) is 11.1 Å². The Kier molecular flexibility index (Phi) is 7.40. The molecule has 6 nitrogen and oxygen atoms in total. The molecule has 7 rings (SSSR count). The Labute approximate surface area is 253 Å². The van der Waals surface area contributed by atoms with E-state index in [9.17, 15) is 9.90 Å². The largest absolute Gasteiger partial charge is 0.485 e. The third-order valence-electron chi connectivity index (χ3n) is 10.5. The first-order valence-corrected chi connectivity index (χ1v) is 16.0. The van der Waals surface area contributed by atoms with Crippen molar-refractivity contribution in [3.63, 3.8) is 0 Å². The highest BCUT2D eigenvalue weighted by atomic mass is 19.1. The van der Waals surface area contributed by atoms with Gasteiger partial charge in [0, 0.05) is 23.7 Å². The number of fused-ring (bicyclic) bond motifs is 1. The molecule has 2 aliphatic heterocycles. The molecule has 3 heterocycles. The number of aromatic nitrogens is 1. The van der Waals surface area contributed by atoms with Crippen LogP contribution in [-0.4, -0.2) is 40.2 Å². The van der Waals surface area contributed by atoms with E-state index in [1.807, 2.05) is 13.0 Å². The molecular formula is C36H41FN2O4. The Bertz CT molecular complexity index is 1530. The van der Waals surface area contributed by atoms with E-state index in [-0.39, 0.29) is 17.8 Å². The van der Waals surface area contributed by atoms with Crippen molar-refractivity contribution in [2.45, 2.75) is 88.8 Å². The first-order valence-electron chi connectivity index (χ1n) is 16.0. The molecule has 2 aliphatic carbocycles.